The van der Waals surface area contributed by atoms with E-state index in [0.717, 1.165) is 12.3 Å². The van der Waals surface area contributed by atoms with Gasteiger partial charge in [-0.05, 0) is 37.0 Å². The first-order valence-electron chi connectivity index (χ1n) is 7.78. The smallest absolute Gasteiger partial charge is 0.330 e. The van der Waals surface area contributed by atoms with E-state index in [1.165, 1.54) is 38.2 Å². The van der Waals surface area contributed by atoms with E-state index >= 15 is 0 Å². The highest BCUT2D eigenvalue weighted by molar-refractivity contribution is 5.81. The number of ether oxygens (including phenoxy) is 1. The van der Waals surface area contributed by atoms with Crippen LogP contribution in [0.4, 0.5) is 0 Å². The molecule has 19 heavy (non-hydrogen) atoms. The van der Waals surface area contributed by atoms with Crippen molar-refractivity contribution in [2.24, 2.45) is 17.8 Å². The molecule has 0 aromatic heterocycles. The molecule has 0 radical (unpaired) electrons. The minimum atomic E-state index is -0.294. The van der Waals surface area contributed by atoms with Crippen LogP contribution in [-0.4, -0.2) is 12.6 Å². The van der Waals surface area contributed by atoms with Crippen molar-refractivity contribution < 1.29 is 9.53 Å². The van der Waals surface area contributed by atoms with Gasteiger partial charge in [0.1, 0.15) is 0 Å². The Morgan fingerprint density at radius 1 is 1.21 bits per heavy atom. The summed E-state index contributed by atoms with van der Waals surface area (Å²) in [5, 5.41) is 0. The fraction of sp³-hybridized carbons (Fsp3) is 0.824. The van der Waals surface area contributed by atoms with Gasteiger partial charge in [-0.1, -0.05) is 53.5 Å². The van der Waals surface area contributed by atoms with Gasteiger partial charge in [-0.25, -0.2) is 4.79 Å². The highest BCUT2D eigenvalue weighted by Gasteiger charge is 2.15. The second kappa shape index (κ2) is 11.1. The molecule has 0 saturated heterocycles. The van der Waals surface area contributed by atoms with Crippen LogP contribution in [0.5, 0.6) is 0 Å². The van der Waals surface area contributed by atoms with E-state index < -0.39 is 0 Å². The fourth-order valence-electron chi connectivity index (χ4n) is 2.68. The van der Waals surface area contributed by atoms with Gasteiger partial charge in [0.2, 0.25) is 0 Å². The van der Waals surface area contributed by atoms with E-state index in [9.17, 15) is 4.79 Å². The number of rotatable bonds is 11. The highest BCUT2D eigenvalue weighted by Crippen LogP contribution is 2.24. The molecule has 0 heterocycles. The van der Waals surface area contributed by atoms with Gasteiger partial charge in [0, 0.05) is 6.08 Å². The minimum absolute atomic E-state index is 0.294. The maximum absolute atomic E-state index is 11.2. The summed E-state index contributed by atoms with van der Waals surface area (Å²) in [6.45, 7) is 13.0. The standard InChI is InChI=1S/C17H32O2/c1-6-8-9-10-16(13-19-17(18)7-2)12-15(5)11-14(3)4/h7,14-16H,2,6,8-13H2,1,3-5H3. The van der Waals surface area contributed by atoms with Crippen LogP contribution in [0.25, 0.3) is 0 Å². The van der Waals surface area contributed by atoms with E-state index in [4.69, 9.17) is 4.74 Å². The fourth-order valence-corrected chi connectivity index (χ4v) is 2.68. The number of carbonyl (C=O) groups is 1. The molecule has 2 unspecified atom stereocenters. The molecule has 0 rings (SSSR count). The monoisotopic (exact) mass is 268 g/mol. The van der Waals surface area contributed by atoms with Crippen LogP contribution < -0.4 is 0 Å². The Balaban J connectivity index is 4.15. The first-order chi connectivity index (χ1) is 8.99. The van der Waals surface area contributed by atoms with Gasteiger partial charge in [0.05, 0.1) is 6.61 Å². The molecule has 2 atom stereocenters. The summed E-state index contributed by atoms with van der Waals surface area (Å²) >= 11 is 0. The van der Waals surface area contributed by atoms with Crippen molar-refractivity contribution in [2.45, 2.75) is 66.2 Å². The van der Waals surface area contributed by atoms with Gasteiger partial charge in [0.15, 0.2) is 0 Å². The molecule has 112 valence electrons. The molecule has 0 aliphatic carbocycles. The summed E-state index contributed by atoms with van der Waals surface area (Å²) in [5.41, 5.74) is 0. The average Bonchev–Trinajstić information content (AvgIpc) is 2.34. The van der Waals surface area contributed by atoms with Gasteiger partial charge >= 0.3 is 5.97 Å². The van der Waals surface area contributed by atoms with Crippen molar-refractivity contribution in [2.75, 3.05) is 6.61 Å². The highest BCUT2D eigenvalue weighted by atomic mass is 16.5. The van der Waals surface area contributed by atoms with Gasteiger partial charge in [-0.3, -0.25) is 0 Å². The van der Waals surface area contributed by atoms with E-state index in [0.29, 0.717) is 18.4 Å². The van der Waals surface area contributed by atoms with Crippen molar-refractivity contribution in [3.8, 4) is 0 Å². The molecule has 0 N–H and O–H groups in total. The summed E-state index contributed by atoms with van der Waals surface area (Å²) < 4.78 is 5.23. The molecular formula is C17H32O2. The van der Waals surface area contributed by atoms with Crippen LogP contribution in [0.15, 0.2) is 12.7 Å². The van der Waals surface area contributed by atoms with Crippen LogP contribution in [0.1, 0.15) is 66.2 Å². The molecule has 0 saturated carbocycles. The van der Waals surface area contributed by atoms with Crippen LogP contribution in [0.2, 0.25) is 0 Å². The molecule has 0 aromatic rings. The van der Waals surface area contributed by atoms with Gasteiger partial charge in [-0.2, -0.15) is 0 Å². The predicted molar refractivity (Wildman–Crippen MR) is 82.0 cm³/mol. The zero-order valence-electron chi connectivity index (χ0n) is 13.3. The zero-order chi connectivity index (χ0) is 14.7. The topological polar surface area (TPSA) is 26.3 Å². The predicted octanol–water partition coefficient (Wildman–Crippen LogP) is 4.98. The Labute approximate surface area is 119 Å². The van der Waals surface area contributed by atoms with Gasteiger partial charge in [0.25, 0.3) is 0 Å². The average molecular weight is 268 g/mol. The lowest BCUT2D eigenvalue weighted by Gasteiger charge is -2.22. The third kappa shape index (κ3) is 10.8. The van der Waals surface area contributed by atoms with Crippen molar-refractivity contribution in [3.05, 3.63) is 12.7 Å². The molecule has 2 nitrogen and oxygen atoms in total. The Morgan fingerprint density at radius 2 is 1.89 bits per heavy atom. The maximum Gasteiger partial charge on any atom is 0.330 e. The zero-order valence-corrected chi connectivity index (χ0v) is 13.3. The normalized spacial score (nSPS) is 14.2. The number of hydrogen-bond acceptors (Lipinski definition) is 2. The number of esters is 1. The van der Waals surface area contributed by atoms with Gasteiger partial charge in [-0.15, -0.1) is 0 Å². The molecule has 0 aromatic carbocycles. The van der Waals surface area contributed by atoms with Crippen LogP contribution >= 0.6 is 0 Å². The molecule has 0 bridgehead atoms. The van der Waals surface area contributed by atoms with Crippen LogP contribution in [-0.2, 0) is 9.53 Å². The van der Waals surface area contributed by atoms with Crippen LogP contribution in [0.3, 0.4) is 0 Å². The van der Waals surface area contributed by atoms with Crippen molar-refractivity contribution >= 4 is 5.97 Å². The number of unbranched alkanes of at least 4 members (excludes halogenated alkanes) is 2. The summed E-state index contributed by atoms with van der Waals surface area (Å²) in [5.74, 6) is 1.65. The first-order valence-corrected chi connectivity index (χ1v) is 7.78. The third-order valence-corrected chi connectivity index (χ3v) is 3.45. The second-order valence-electron chi connectivity index (χ2n) is 6.17. The largest absolute Gasteiger partial charge is 0.462 e. The lowest BCUT2D eigenvalue weighted by molar-refractivity contribution is -0.139. The molecule has 0 fully saturated rings. The van der Waals surface area contributed by atoms with Crippen molar-refractivity contribution in [3.63, 3.8) is 0 Å². The molecule has 0 aliphatic heterocycles. The summed E-state index contributed by atoms with van der Waals surface area (Å²) in [7, 11) is 0. The Hall–Kier alpha value is -0.790. The lowest BCUT2D eigenvalue weighted by atomic mass is 9.87. The maximum atomic E-state index is 11.2. The Morgan fingerprint density at radius 3 is 2.42 bits per heavy atom. The minimum Gasteiger partial charge on any atom is -0.462 e. The van der Waals surface area contributed by atoms with E-state index in [-0.39, 0.29) is 5.97 Å². The summed E-state index contributed by atoms with van der Waals surface area (Å²) in [4.78, 5) is 11.2. The van der Waals surface area contributed by atoms with Crippen molar-refractivity contribution in [1.82, 2.24) is 0 Å². The quantitative estimate of drug-likeness (QED) is 0.300. The second-order valence-corrected chi connectivity index (χ2v) is 6.17. The first kappa shape index (κ1) is 18.2. The van der Waals surface area contributed by atoms with Gasteiger partial charge < -0.3 is 4.74 Å². The molecule has 2 heteroatoms. The number of hydrogen-bond donors (Lipinski definition) is 0. The van der Waals surface area contributed by atoms with E-state index in [1.54, 1.807) is 0 Å². The molecule has 0 amide bonds. The Bertz CT molecular complexity index is 246. The lowest BCUT2D eigenvalue weighted by Crippen LogP contribution is -2.16. The molecular weight excluding hydrogens is 236 g/mol. The Kier molecular flexibility index (Phi) is 10.6. The van der Waals surface area contributed by atoms with E-state index in [1.807, 2.05) is 0 Å². The summed E-state index contributed by atoms with van der Waals surface area (Å²) in [6.07, 6.45) is 8.57. The number of carbonyl (C=O) groups excluding carboxylic acids is 1. The summed E-state index contributed by atoms with van der Waals surface area (Å²) in [6, 6.07) is 0. The van der Waals surface area contributed by atoms with E-state index in [2.05, 4.69) is 34.3 Å². The third-order valence-electron chi connectivity index (χ3n) is 3.45. The molecule has 0 aliphatic rings. The van der Waals surface area contributed by atoms with Crippen molar-refractivity contribution in [1.29, 1.82) is 0 Å². The SMILES string of the molecule is C=CC(=O)OCC(CCCCC)CC(C)CC(C)C. The van der Waals surface area contributed by atoms with Crippen LogP contribution in [0, 0.1) is 17.8 Å². The molecule has 0 spiro atoms.